The molecule has 0 bridgehead atoms. The molecule has 33 heavy (non-hydrogen) atoms. The number of amides is 2. The number of hydrogen-bond donors (Lipinski definition) is 1. The highest BCUT2D eigenvalue weighted by atomic mass is 16.6. The van der Waals surface area contributed by atoms with Gasteiger partial charge in [-0.25, -0.2) is 9.80 Å². The van der Waals surface area contributed by atoms with E-state index in [-0.39, 0.29) is 38.4 Å². The van der Waals surface area contributed by atoms with Gasteiger partial charge in [0, 0.05) is 17.8 Å². The van der Waals surface area contributed by atoms with Gasteiger partial charge >= 0.3 is 18.0 Å². The van der Waals surface area contributed by atoms with E-state index in [4.69, 9.17) is 14.2 Å². The molecule has 0 aliphatic heterocycles. The van der Waals surface area contributed by atoms with E-state index >= 15 is 0 Å². The number of anilines is 1. The third kappa shape index (κ3) is 9.38. The molecule has 0 fully saturated rings. The smallest absolute Gasteiger partial charge is 0.429 e. The minimum absolute atomic E-state index is 0.192. The number of aryl methyl sites for hydroxylation is 1. The van der Waals surface area contributed by atoms with Crippen molar-refractivity contribution in [3.05, 3.63) is 29.3 Å². The Kier molecular flexibility index (Phi) is 10.6. The van der Waals surface area contributed by atoms with Gasteiger partial charge in [-0.2, -0.15) is 0 Å². The van der Waals surface area contributed by atoms with Crippen LogP contribution in [0.1, 0.15) is 57.5 Å². The standard InChI is InChI=1S/C23H35N3O7/c1-8-26(22(30)33-23(5,6)7)24-21(29)17-12-11-16(4)18(13-17)25(14-19(27)31-9-2)15-20(28)32-10-3/h11-13H,8-10,14-15H2,1-7H3,(H,24,29). The van der Waals surface area contributed by atoms with Gasteiger partial charge < -0.3 is 19.1 Å². The summed E-state index contributed by atoms with van der Waals surface area (Å²) in [5.41, 5.74) is 3.27. The third-order valence-corrected chi connectivity index (χ3v) is 4.23. The van der Waals surface area contributed by atoms with Crippen molar-refractivity contribution in [3.63, 3.8) is 0 Å². The monoisotopic (exact) mass is 465 g/mol. The van der Waals surface area contributed by atoms with Crippen molar-refractivity contribution in [3.8, 4) is 0 Å². The number of nitrogens with zero attached hydrogens (tertiary/aromatic N) is 2. The first-order valence-electron chi connectivity index (χ1n) is 10.9. The van der Waals surface area contributed by atoms with Crippen LogP contribution >= 0.6 is 0 Å². The maximum atomic E-state index is 12.9. The molecule has 0 saturated carbocycles. The third-order valence-electron chi connectivity index (χ3n) is 4.23. The normalized spacial score (nSPS) is 10.8. The molecule has 1 N–H and O–H groups in total. The van der Waals surface area contributed by atoms with Gasteiger partial charge in [-0.05, 0) is 66.2 Å². The quantitative estimate of drug-likeness (QED) is 0.336. The van der Waals surface area contributed by atoms with Crippen LogP contribution in [-0.2, 0) is 23.8 Å². The molecule has 0 unspecified atom stereocenters. The number of benzene rings is 1. The summed E-state index contributed by atoms with van der Waals surface area (Å²) in [5, 5.41) is 1.07. The zero-order valence-corrected chi connectivity index (χ0v) is 20.5. The molecule has 0 aliphatic carbocycles. The summed E-state index contributed by atoms with van der Waals surface area (Å²) in [6.45, 7) is 12.3. The molecule has 10 nitrogen and oxygen atoms in total. The van der Waals surface area contributed by atoms with E-state index in [9.17, 15) is 19.2 Å². The van der Waals surface area contributed by atoms with Crippen LogP contribution in [0, 0.1) is 6.92 Å². The molecule has 2 amide bonds. The summed E-state index contributed by atoms with van der Waals surface area (Å²) in [6.07, 6.45) is -0.683. The number of hydrazine groups is 1. The number of carbonyl (C=O) groups excluding carboxylic acids is 4. The van der Waals surface area contributed by atoms with Gasteiger partial charge in [-0.1, -0.05) is 6.07 Å². The van der Waals surface area contributed by atoms with Crippen LogP contribution in [0.5, 0.6) is 0 Å². The van der Waals surface area contributed by atoms with Crippen LogP contribution < -0.4 is 10.3 Å². The maximum absolute atomic E-state index is 12.9. The summed E-state index contributed by atoms with van der Waals surface area (Å²) in [5.74, 6) is -1.58. The molecule has 1 aromatic rings. The van der Waals surface area contributed by atoms with Gasteiger partial charge in [0.05, 0.1) is 13.2 Å². The Balaban J connectivity index is 3.16. The number of ether oxygens (including phenoxy) is 3. The zero-order chi connectivity index (χ0) is 25.2. The molecule has 0 heterocycles. The van der Waals surface area contributed by atoms with E-state index in [0.717, 1.165) is 10.6 Å². The Labute approximate surface area is 195 Å². The van der Waals surface area contributed by atoms with E-state index in [1.807, 2.05) is 0 Å². The molecule has 10 heteroatoms. The first-order valence-corrected chi connectivity index (χ1v) is 10.9. The molecule has 0 saturated heterocycles. The summed E-state index contributed by atoms with van der Waals surface area (Å²) < 4.78 is 15.3. The highest BCUT2D eigenvalue weighted by Gasteiger charge is 2.24. The number of esters is 2. The zero-order valence-electron chi connectivity index (χ0n) is 20.5. The predicted molar refractivity (Wildman–Crippen MR) is 123 cm³/mol. The van der Waals surface area contributed by atoms with Crippen molar-refractivity contribution >= 4 is 29.6 Å². The predicted octanol–water partition coefficient (Wildman–Crippen LogP) is 2.83. The molecule has 0 aliphatic rings. The molecule has 0 radical (unpaired) electrons. The van der Waals surface area contributed by atoms with Gasteiger partial charge in [0.2, 0.25) is 0 Å². The number of hydrogen-bond acceptors (Lipinski definition) is 8. The van der Waals surface area contributed by atoms with Gasteiger partial charge in [0.25, 0.3) is 5.91 Å². The van der Waals surface area contributed by atoms with Gasteiger partial charge in [-0.15, -0.1) is 0 Å². The summed E-state index contributed by atoms with van der Waals surface area (Å²) in [7, 11) is 0. The fourth-order valence-electron chi connectivity index (χ4n) is 2.80. The van der Waals surface area contributed by atoms with Crippen LogP contribution in [0.2, 0.25) is 0 Å². The Hall–Kier alpha value is -3.30. The Morgan fingerprint density at radius 1 is 0.939 bits per heavy atom. The largest absolute Gasteiger partial charge is 0.465 e. The van der Waals surface area contributed by atoms with Crippen molar-refractivity contribution in [1.82, 2.24) is 10.4 Å². The minimum Gasteiger partial charge on any atom is -0.465 e. The van der Waals surface area contributed by atoms with Crippen molar-refractivity contribution in [2.24, 2.45) is 0 Å². The lowest BCUT2D eigenvalue weighted by Crippen LogP contribution is -2.48. The molecular weight excluding hydrogens is 430 g/mol. The highest BCUT2D eigenvalue weighted by Crippen LogP contribution is 2.22. The summed E-state index contributed by atoms with van der Waals surface area (Å²) in [4.78, 5) is 50.9. The first kappa shape index (κ1) is 27.7. The lowest BCUT2D eigenvalue weighted by atomic mass is 10.1. The van der Waals surface area contributed by atoms with E-state index in [2.05, 4.69) is 5.43 Å². The van der Waals surface area contributed by atoms with Crippen molar-refractivity contribution in [1.29, 1.82) is 0 Å². The van der Waals surface area contributed by atoms with E-state index in [0.29, 0.717) is 5.69 Å². The molecule has 1 aromatic carbocycles. The molecule has 184 valence electrons. The number of carbonyl (C=O) groups is 4. The summed E-state index contributed by atoms with van der Waals surface area (Å²) in [6, 6.07) is 4.83. The van der Waals surface area contributed by atoms with Crippen LogP contribution in [-0.4, -0.2) is 67.4 Å². The molecule has 0 atom stereocenters. The maximum Gasteiger partial charge on any atom is 0.429 e. The highest BCUT2D eigenvalue weighted by molar-refractivity contribution is 5.96. The van der Waals surface area contributed by atoms with Crippen LogP contribution in [0.25, 0.3) is 0 Å². The van der Waals surface area contributed by atoms with E-state index < -0.39 is 29.5 Å². The number of nitrogens with one attached hydrogen (secondary N) is 1. The van der Waals surface area contributed by atoms with Crippen LogP contribution in [0.4, 0.5) is 10.5 Å². The van der Waals surface area contributed by atoms with Crippen molar-refractivity contribution in [2.45, 2.75) is 54.1 Å². The topological polar surface area (TPSA) is 114 Å². The van der Waals surface area contributed by atoms with Crippen molar-refractivity contribution < 1.29 is 33.4 Å². The Morgan fingerprint density at radius 3 is 1.94 bits per heavy atom. The van der Waals surface area contributed by atoms with Gasteiger partial charge in [-0.3, -0.25) is 19.8 Å². The Bertz CT molecular complexity index is 829. The average molecular weight is 466 g/mol. The second kappa shape index (κ2) is 12.7. The first-order chi connectivity index (χ1) is 15.4. The van der Waals surface area contributed by atoms with E-state index in [1.165, 1.54) is 4.90 Å². The van der Waals surface area contributed by atoms with E-state index in [1.54, 1.807) is 66.7 Å². The molecular formula is C23H35N3O7. The molecule has 0 spiro atoms. The molecule has 1 rings (SSSR count). The Morgan fingerprint density at radius 2 is 1.48 bits per heavy atom. The second-order valence-electron chi connectivity index (χ2n) is 8.13. The fourth-order valence-corrected chi connectivity index (χ4v) is 2.80. The SMILES string of the molecule is CCOC(=O)CN(CC(=O)OCC)c1cc(C(=O)NN(CC)C(=O)OC(C)(C)C)ccc1C. The second-order valence-corrected chi connectivity index (χ2v) is 8.13. The van der Waals surface area contributed by atoms with Crippen molar-refractivity contribution in [2.75, 3.05) is 37.7 Å². The molecule has 0 aromatic heterocycles. The lowest BCUT2D eigenvalue weighted by Gasteiger charge is -2.27. The average Bonchev–Trinajstić information content (AvgIpc) is 2.70. The number of rotatable bonds is 9. The van der Waals surface area contributed by atoms with Gasteiger partial charge in [0.1, 0.15) is 18.7 Å². The van der Waals surface area contributed by atoms with Crippen LogP contribution in [0.3, 0.4) is 0 Å². The lowest BCUT2D eigenvalue weighted by molar-refractivity contribution is -0.142. The minimum atomic E-state index is -0.715. The fraction of sp³-hybridized carbons (Fsp3) is 0.565. The van der Waals surface area contributed by atoms with Crippen LogP contribution in [0.15, 0.2) is 18.2 Å². The summed E-state index contributed by atoms with van der Waals surface area (Å²) >= 11 is 0. The van der Waals surface area contributed by atoms with Gasteiger partial charge in [0.15, 0.2) is 0 Å².